The number of nitrogens with two attached hydrogens (primary N) is 1. The average molecular weight is 252 g/mol. The van der Waals surface area contributed by atoms with E-state index in [0.29, 0.717) is 16.5 Å². The van der Waals surface area contributed by atoms with Crippen LogP contribution in [0.2, 0.25) is 5.02 Å². The number of ether oxygens (including phenoxy) is 1. The summed E-state index contributed by atoms with van der Waals surface area (Å²) < 4.78 is 4.96. The van der Waals surface area contributed by atoms with Gasteiger partial charge < -0.3 is 10.1 Å². The van der Waals surface area contributed by atoms with Crippen LogP contribution in [0.5, 0.6) is 5.75 Å². The van der Waals surface area contributed by atoms with Crippen molar-refractivity contribution in [1.29, 1.82) is 0 Å². The second-order valence-corrected chi connectivity index (χ2v) is 2.85. The van der Waals surface area contributed by atoms with Gasteiger partial charge in [0.25, 0.3) is 0 Å². The molecule has 0 aliphatic heterocycles. The minimum Gasteiger partial charge on any atom is -0.497 e. The summed E-state index contributed by atoms with van der Waals surface area (Å²) in [5, 5.41) is 2.86. The Bertz CT molecular complexity index is 347. The third-order valence-electron chi connectivity index (χ3n) is 1.55. The largest absolute Gasteiger partial charge is 0.497 e. The van der Waals surface area contributed by atoms with E-state index < -0.39 is 6.03 Å². The van der Waals surface area contributed by atoms with E-state index in [-0.39, 0.29) is 12.4 Å². The summed E-state index contributed by atoms with van der Waals surface area (Å²) in [6.07, 6.45) is 0. The standard InChI is InChI=1S/C8H10ClN3O2.ClH/c1-14-5-2-3-6(9)7(4-5)11-8(13)12-10;/h2-4H,10H2,1H3,(H2,11,12,13);1H. The molecular weight excluding hydrogens is 241 g/mol. The molecule has 0 fully saturated rings. The van der Waals surface area contributed by atoms with Crippen molar-refractivity contribution in [2.75, 3.05) is 12.4 Å². The fourth-order valence-electron chi connectivity index (χ4n) is 0.886. The number of methoxy groups -OCH3 is 1. The number of nitrogens with one attached hydrogen (secondary N) is 2. The zero-order valence-electron chi connectivity index (χ0n) is 7.91. The van der Waals surface area contributed by atoms with E-state index in [4.69, 9.17) is 22.2 Å². The maximum absolute atomic E-state index is 10.9. The van der Waals surface area contributed by atoms with Crippen molar-refractivity contribution in [1.82, 2.24) is 5.43 Å². The molecule has 0 aliphatic rings. The van der Waals surface area contributed by atoms with Crippen LogP contribution in [0.25, 0.3) is 0 Å². The summed E-state index contributed by atoms with van der Waals surface area (Å²) in [6, 6.07) is 4.36. The molecule has 1 aromatic carbocycles. The summed E-state index contributed by atoms with van der Waals surface area (Å²) in [7, 11) is 1.52. The van der Waals surface area contributed by atoms with Crippen LogP contribution in [0.3, 0.4) is 0 Å². The molecule has 2 amide bonds. The number of benzene rings is 1. The number of hydrogen-bond acceptors (Lipinski definition) is 3. The Labute approximate surface area is 98.3 Å². The van der Waals surface area contributed by atoms with Gasteiger partial charge >= 0.3 is 6.03 Å². The molecule has 7 heteroatoms. The Kier molecular flexibility index (Phi) is 5.84. The minimum absolute atomic E-state index is 0. The third-order valence-corrected chi connectivity index (χ3v) is 1.88. The highest BCUT2D eigenvalue weighted by molar-refractivity contribution is 6.33. The van der Waals surface area contributed by atoms with Crippen molar-refractivity contribution in [3.05, 3.63) is 23.2 Å². The normalized spacial score (nSPS) is 8.73. The zero-order chi connectivity index (χ0) is 10.6. The molecule has 0 heterocycles. The second kappa shape index (κ2) is 6.34. The summed E-state index contributed by atoms with van der Waals surface area (Å²) in [6.45, 7) is 0. The molecule has 0 spiro atoms. The van der Waals surface area contributed by atoms with E-state index in [2.05, 4.69) is 5.32 Å². The van der Waals surface area contributed by atoms with Crippen LogP contribution >= 0.6 is 24.0 Å². The highest BCUT2D eigenvalue weighted by Gasteiger charge is 2.05. The second-order valence-electron chi connectivity index (χ2n) is 2.44. The number of halogens is 2. The minimum atomic E-state index is -0.542. The number of amides is 2. The summed E-state index contributed by atoms with van der Waals surface area (Å²) >= 11 is 5.82. The van der Waals surface area contributed by atoms with Gasteiger partial charge in [0.1, 0.15) is 5.75 Å². The van der Waals surface area contributed by atoms with E-state index in [1.807, 2.05) is 5.43 Å². The molecule has 0 saturated heterocycles. The van der Waals surface area contributed by atoms with Crippen molar-refractivity contribution in [2.45, 2.75) is 0 Å². The lowest BCUT2D eigenvalue weighted by Gasteiger charge is -2.07. The third kappa shape index (κ3) is 3.83. The molecule has 0 radical (unpaired) electrons. The number of hydrazine groups is 1. The molecule has 0 saturated carbocycles. The fourth-order valence-corrected chi connectivity index (χ4v) is 1.05. The molecule has 0 atom stereocenters. The lowest BCUT2D eigenvalue weighted by molar-refractivity contribution is 0.252. The van der Waals surface area contributed by atoms with Gasteiger partial charge in [-0.3, -0.25) is 5.43 Å². The number of rotatable bonds is 2. The first-order chi connectivity index (χ1) is 6.67. The van der Waals surface area contributed by atoms with E-state index in [0.717, 1.165) is 0 Å². The first-order valence-electron chi connectivity index (χ1n) is 3.78. The van der Waals surface area contributed by atoms with Gasteiger partial charge in [-0.15, -0.1) is 12.4 Å². The molecule has 0 aromatic heterocycles. The van der Waals surface area contributed by atoms with E-state index >= 15 is 0 Å². The molecule has 1 rings (SSSR count). The van der Waals surface area contributed by atoms with E-state index in [9.17, 15) is 4.79 Å². The predicted molar refractivity (Wildman–Crippen MR) is 61.6 cm³/mol. The first kappa shape index (κ1) is 13.8. The van der Waals surface area contributed by atoms with Gasteiger partial charge in [-0.2, -0.15) is 0 Å². The first-order valence-corrected chi connectivity index (χ1v) is 4.16. The molecule has 0 unspecified atom stereocenters. The highest BCUT2D eigenvalue weighted by atomic mass is 35.5. The molecular formula is C8H11Cl2N3O2. The molecule has 15 heavy (non-hydrogen) atoms. The molecule has 0 aliphatic carbocycles. The quantitative estimate of drug-likeness (QED) is 0.426. The van der Waals surface area contributed by atoms with E-state index in [1.54, 1.807) is 18.2 Å². The van der Waals surface area contributed by atoms with Crippen molar-refractivity contribution in [3.63, 3.8) is 0 Å². The van der Waals surface area contributed by atoms with E-state index in [1.165, 1.54) is 7.11 Å². The number of carbonyl (C=O) groups is 1. The molecule has 4 N–H and O–H groups in total. The topological polar surface area (TPSA) is 76.4 Å². The fraction of sp³-hybridized carbons (Fsp3) is 0.125. The van der Waals surface area contributed by atoms with Gasteiger partial charge in [0.15, 0.2) is 0 Å². The van der Waals surface area contributed by atoms with Crippen LogP contribution in [0, 0.1) is 0 Å². The maximum Gasteiger partial charge on any atom is 0.333 e. The van der Waals surface area contributed by atoms with Crippen molar-refractivity contribution < 1.29 is 9.53 Å². The van der Waals surface area contributed by atoms with Crippen LogP contribution in [-0.4, -0.2) is 13.1 Å². The maximum atomic E-state index is 10.9. The lowest BCUT2D eigenvalue weighted by Crippen LogP contribution is -2.34. The number of hydrogen-bond donors (Lipinski definition) is 3. The Morgan fingerprint density at radius 1 is 1.53 bits per heavy atom. The van der Waals surface area contributed by atoms with Crippen molar-refractivity contribution in [2.24, 2.45) is 5.84 Å². The molecule has 0 bridgehead atoms. The van der Waals surface area contributed by atoms with Gasteiger partial charge in [-0.05, 0) is 12.1 Å². The summed E-state index contributed by atoms with van der Waals surface area (Å²) in [4.78, 5) is 10.9. The predicted octanol–water partition coefficient (Wildman–Crippen LogP) is 1.77. The molecule has 84 valence electrons. The van der Waals surface area contributed by atoms with Gasteiger partial charge in [-0.25, -0.2) is 10.6 Å². The Morgan fingerprint density at radius 3 is 2.73 bits per heavy atom. The molecule has 5 nitrogen and oxygen atoms in total. The SMILES string of the molecule is COc1ccc(Cl)c(NC(=O)NN)c1.Cl. The van der Waals surface area contributed by atoms with Gasteiger partial charge in [0, 0.05) is 6.07 Å². The van der Waals surface area contributed by atoms with Gasteiger partial charge in [-0.1, -0.05) is 11.6 Å². The Morgan fingerprint density at radius 2 is 2.20 bits per heavy atom. The highest BCUT2D eigenvalue weighted by Crippen LogP contribution is 2.26. The Balaban J connectivity index is 0.00000196. The Hall–Kier alpha value is -1.17. The summed E-state index contributed by atoms with van der Waals surface area (Å²) in [5.41, 5.74) is 2.37. The number of anilines is 1. The average Bonchev–Trinajstić information content (AvgIpc) is 2.21. The van der Waals surface area contributed by atoms with Crippen LogP contribution in [0.1, 0.15) is 0 Å². The van der Waals surface area contributed by atoms with Gasteiger partial charge in [0.05, 0.1) is 17.8 Å². The van der Waals surface area contributed by atoms with Crippen molar-refractivity contribution >= 4 is 35.7 Å². The smallest absolute Gasteiger partial charge is 0.333 e. The zero-order valence-corrected chi connectivity index (χ0v) is 9.48. The van der Waals surface area contributed by atoms with Crippen LogP contribution in [-0.2, 0) is 0 Å². The number of urea groups is 1. The van der Waals surface area contributed by atoms with Crippen LogP contribution < -0.4 is 21.3 Å². The van der Waals surface area contributed by atoms with Crippen LogP contribution in [0.4, 0.5) is 10.5 Å². The monoisotopic (exact) mass is 251 g/mol. The number of carbonyl (C=O) groups excluding carboxylic acids is 1. The summed E-state index contributed by atoms with van der Waals surface area (Å²) in [5.74, 6) is 5.50. The van der Waals surface area contributed by atoms with Gasteiger partial charge in [0.2, 0.25) is 0 Å². The van der Waals surface area contributed by atoms with Crippen molar-refractivity contribution in [3.8, 4) is 5.75 Å². The van der Waals surface area contributed by atoms with Crippen LogP contribution in [0.15, 0.2) is 18.2 Å². The molecule has 1 aromatic rings. The lowest BCUT2D eigenvalue weighted by atomic mass is 10.3.